The van der Waals surface area contributed by atoms with Crippen molar-refractivity contribution in [3.63, 3.8) is 0 Å². The van der Waals surface area contributed by atoms with Crippen LogP contribution in [-0.4, -0.2) is 29.8 Å². The van der Waals surface area contributed by atoms with Gasteiger partial charge in [-0.15, -0.1) is 0 Å². The quantitative estimate of drug-likeness (QED) is 0.871. The lowest BCUT2D eigenvalue weighted by Gasteiger charge is -2.22. The Balaban J connectivity index is 2.97. The van der Waals surface area contributed by atoms with Gasteiger partial charge in [-0.2, -0.15) is 11.8 Å². The minimum Gasteiger partial charge on any atom is -0.495 e. The summed E-state index contributed by atoms with van der Waals surface area (Å²) in [7, 11) is 3.19. The van der Waals surface area contributed by atoms with Crippen LogP contribution in [0.5, 0.6) is 11.5 Å². The molecule has 1 unspecified atom stereocenters. The number of ether oxygens (including phenoxy) is 2. The summed E-state index contributed by atoms with van der Waals surface area (Å²) >= 11 is 5.16. The molecule has 0 fully saturated rings. The second-order valence-electron chi connectivity index (χ2n) is 5.14. The number of hydrogen-bond donors (Lipinski definition) is 1. The number of aliphatic hydroxyl groups excluding tert-OH is 1. The van der Waals surface area contributed by atoms with Gasteiger partial charge in [-0.1, -0.05) is 20.8 Å². The molecule has 0 radical (unpaired) electrons. The fraction of sp³-hybridized carbons (Fsp3) is 0.571. The molecule has 0 bridgehead atoms. The van der Waals surface area contributed by atoms with Crippen LogP contribution in [0, 0.1) is 0 Å². The molecule has 1 aromatic carbocycles. The van der Waals surface area contributed by atoms with Crippen LogP contribution in [-0.2, 0) is 0 Å². The average molecular weight is 349 g/mol. The molecule has 108 valence electrons. The van der Waals surface area contributed by atoms with Gasteiger partial charge in [-0.05, 0) is 28.1 Å². The molecule has 0 amide bonds. The molecule has 0 saturated carbocycles. The first-order chi connectivity index (χ1) is 8.80. The van der Waals surface area contributed by atoms with Crippen molar-refractivity contribution in [3.05, 3.63) is 22.2 Å². The number of aliphatic hydroxyl groups is 1. The van der Waals surface area contributed by atoms with Gasteiger partial charge >= 0.3 is 0 Å². The van der Waals surface area contributed by atoms with Crippen LogP contribution in [0.3, 0.4) is 0 Å². The third-order valence-electron chi connectivity index (χ3n) is 2.55. The molecule has 0 saturated heterocycles. The second-order valence-corrected chi connectivity index (χ2v) is 7.78. The minimum atomic E-state index is -0.568. The van der Waals surface area contributed by atoms with E-state index >= 15 is 0 Å². The normalized spacial score (nSPS) is 13.2. The van der Waals surface area contributed by atoms with Crippen molar-refractivity contribution in [2.24, 2.45) is 0 Å². The molecule has 3 nitrogen and oxygen atoms in total. The van der Waals surface area contributed by atoms with Gasteiger partial charge in [-0.3, -0.25) is 0 Å². The lowest BCUT2D eigenvalue weighted by molar-refractivity contribution is 0.198. The highest BCUT2D eigenvalue weighted by molar-refractivity contribution is 9.10. The molecule has 1 N–H and O–H groups in total. The second kappa shape index (κ2) is 6.86. The first-order valence-corrected chi connectivity index (χ1v) is 7.80. The van der Waals surface area contributed by atoms with Gasteiger partial charge in [0.05, 0.1) is 20.3 Å². The van der Waals surface area contributed by atoms with Crippen molar-refractivity contribution in [3.8, 4) is 11.5 Å². The maximum Gasteiger partial charge on any atom is 0.142 e. The molecule has 0 aliphatic rings. The molecule has 0 aliphatic heterocycles. The molecule has 0 aromatic heterocycles. The highest BCUT2D eigenvalue weighted by atomic mass is 79.9. The van der Waals surface area contributed by atoms with E-state index in [1.54, 1.807) is 26.0 Å². The molecule has 0 spiro atoms. The number of hydrogen-bond acceptors (Lipinski definition) is 4. The summed E-state index contributed by atoms with van der Waals surface area (Å²) < 4.78 is 11.5. The fourth-order valence-corrected chi connectivity index (χ4v) is 3.12. The summed E-state index contributed by atoms with van der Waals surface area (Å²) in [6, 6.07) is 3.67. The SMILES string of the molecule is COc1ccc(C(O)CSC(C)(C)C)c(OC)c1Br. The zero-order chi connectivity index (χ0) is 14.6. The summed E-state index contributed by atoms with van der Waals surface area (Å²) in [6.07, 6.45) is -0.568. The van der Waals surface area contributed by atoms with Crippen LogP contribution in [0.25, 0.3) is 0 Å². The fourth-order valence-electron chi connectivity index (χ4n) is 1.60. The molecule has 1 rings (SSSR count). The standard InChI is InChI=1S/C14H21BrO3S/c1-14(2,3)19-8-10(16)9-6-7-11(17-4)12(15)13(9)18-5/h6-7,10,16H,8H2,1-5H3. The van der Waals surface area contributed by atoms with E-state index in [0.29, 0.717) is 17.3 Å². The smallest absolute Gasteiger partial charge is 0.142 e. The topological polar surface area (TPSA) is 38.7 Å². The predicted octanol–water partition coefficient (Wildman–Crippen LogP) is 4.03. The summed E-state index contributed by atoms with van der Waals surface area (Å²) in [5, 5.41) is 10.3. The van der Waals surface area contributed by atoms with E-state index in [1.807, 2.05) is 12.1 Å². The van der Waals surface area contributed by atoms with Gasteiger partial charge in [-0.25, -0.2) is 0 Å². The van der Waals surface area contributed by atoms with Crippen molar-refractivity contribution < 1.29 is 14.6 Å². The van der Waals surface area contributed by atoms with E-state index in [0.717, 1.165) is 10.0 Å². The number of thioether (sulfide) groups is 1. The first-order valence-electron chi connectivity index (χ1n) is 6.02. The first kappa shape index (κ1) is 16.7. The maximum atomic E-state index is 10.3. The van der Waals surface area contributed by atoms with Gasteiger partial charge in [0.25, 0.3) is 0 Å². The van der Waals surface area contributed by atoms with Gasteiger partial charge in [0, 0.05) is 16.1 Å². The number of halogens is 1. The van der Waals surface area contributed by atoms with Crippen LogP contribution in [0.2, 0.25) is 0 Å². The summed E-state index contributed by atoms with van der Waals surface area (Å²) in [5.74, 6) is 1.94. The Labute approximate surface area is 127 Å². The maximum absolute atomic E-state index is 10.3. The third-order valence-corrected chi connectivity index (χ3v) is 4.65. The van der Waals surface area contributed by atoms with E-state index in [-0.39, 0.29) is 4.75 Å². The molecule has 1 aromatic rings. The van der Waals surface area contributed by atoms with Crippen molar-refractivity contribution in [1.29, 1.82) is 0 Å². The Morgan fingerprint density at radius 2 is 1.89 bits per heavy atom. The zero-order valence-electron chi connectivity index (χ0n) is 12.0. The van der Waals surface area contributed by atoms with Crippen molar-refractivity contribution in [2.75, 3.05) is 20.0 Å². The van der Waals surface area contributed by atoms with E-state index < -0.39 is 6.10 Å². The summed E-state index contributed by atoms with van der Waals surface area (Å²) in [5.41, 5.74) is 0.770. The van der Waals surface area contributed by atoms with Gasteiger partial charge < -0.3 is 14.6 Å². The highest BCUT2D eigenvalue weighted by Crippen LogP contribution is 2.41. The Kier molecular flexibility index (Phi) is 6.02. The van der Waals surface area contributed by atoms with E-state index in [2.05, 4.69) is 36.7 Å². The van der Waals surface area contributed by atoms with E-state index in [4.69, 9.17) is 9.47 Å². The Morgan fingerprint density at radius 1 is 1.26 bits per heavy atom. The molecule has 19 heavy (non-hydrogen) atoms. The minimum absolute atomic E-state index is 0.123. The molecule has 0 aliphatic carbocycles. The van der Waals surface area contributed by atoms with Gasteiger partial charge in [0.1, 0.15) is 16.0 Å². The number of rotatable bonds is 5. The monoisotopic (exact) mass is 348 g/mol. The van der Waals surface area contributed by atoms with Crippen molar-refractivity contribution in [2.45, 2.75) is 31.6 Å². The molecule has 5 heteroatoms. The largest absolute Gasteiger partial charge is 0.495 e. The van der Waals surface area contributed by atoms with Crippen LogP contribution in [0.1, 0.15) is 32.4 Å². The Morgan fingerprint density at radius 3 is 2.37 bits per heavy atom. The van der Waals surface area contributed by atoms with Crippen LogP contribution < -0.4 is 9.47 Å². The zero-order valence-corrected chi connectivity index (χ0v) is 14.4. The van der Waals surface area contributed by atoms with Crippen molar-refractivity contribution >= 4 is 27.7 Å². The van der Waals surface area contributed by atoms with Crippen molar-refractivity contribution in [1.82, 2.24) is 0 Å². The van der Waals surface area contributed by atoms with E-state index in [1.165, 1.54) is 0 Å². The summed E-state index contributed by atoms with van der Waals surface area (Å²) in [6.45, 7) is 6.39. The Bertz CT molecular complexity index is 429. The molecular weight excluding hydrogens is 328 g/mol. The Hall–Kier alpha value is -0.390. The van der Waals surface area contributed by atoms with Crippen LogP contribution in [0.15, 0.2) is 16.6 Å². The molecule has 0 heterocycles. The van der Waals surface area contributed by atoms with Crippen LogP contribution in [0.4, 0.5) is 0 Å². The number of methoxy groups -OCH3 is 2. The van der Waals surface area contributed by atoms with E-state index in [9.17, 15) is 5.11 Å². The lowest BCUT2D eigenvalue weighted by atomic mass is 10.1. The number of benzene rings is 1. The molecule has 1 atom stereocenters. The lowest BCUT2D eigenvalue weighted by Crippen LogP contribution is -2.12. The molecular formula is C14H21BrO3S. The van der Waals surface area contributed by atoms with Crippen LogP contribution >= 0.6 is 27.7 Å². The van der Waals surface area contributed by atoms with Gasteiger partial charge in [0.2, 0.25) is 0 Å². The highest BCUT2D eigenvalue weighted by Gasteiger charge is 2.21. The third kappa shape index (κ3) is 4.58. The van der Waals surface area contributed by atoms with Gasteiger partial charge in [0.15, 0.2) is 0 Å². The average Bonchev–Trinajstić information content (AvgIpc) is 2.34. The summed E-state index contributed by atoms with van der Waals surface area (Å²) in [4.78, 5) is 0. The predicted molar refractivity (Wildman–Crippen MR) is 84.4 cm³/mol.